The number of rotatable bonds is 6. The molecular weight excluding hydrogens is 566 g/mol. The van der Waals surface area contributed by atoms with Crippen LogP contribution < -0.4 is 10.6 Å². The highest BCUT2D eigenvalue weighted by Crippen LogP contribution is 2.37. The van der Waals surface area contributed by atoms with Gasteiger partial charge in [0.1, 0.15) is 17.9 Å². The highest BCUT2D eigenvalue weighted by molar-refractivity contribution is 6.31. The molecule has 0 unspecified atom stereocenters. The molecule has 3 aromatic carbocycles. The molecule has 210 valence electrons. The maximum Gasteiger partial charge on any atom is 0.417 e. The minimum atomic E-state index is -5.11. The summed E-state index contributed by atoms with van der Waals surface area (Å²) >= 11 is 6.12. The number of methoxy groups -OCH3 is 1. The Kier molecular flexibility index (Phi) is 7.81. The first-order valence-electron chi connectivity index (χ1n) is 11.4. The molecule has 0 aliphatic heterocycles. The number of anilines is 2. The van der Waals surface area contributed by atoms with E-state index in [0.717, 1.165) is 6.07 Å². The van der Waals surface area contributed by atoms with E-state index in [1.165, 1.54) is 13.2 Å². The van der Waals surface area contributed by atoms with Crippen LogP contribution in [0.25, 0.3) is 11.0 Å². The van der Waals surface area contributed by atoms with E-state index in [9.17, 15) is 35.9 Å². The highest BCUT2D eigenvalue weighted by atomic mass is 35.5. The minimum Gasteiger partial charge on any atom is -0.377 e. The predicted octanol–water partition coefficient (Wildman–Crippen LogP) is 7.21. The fourth-order valence-electron chi connectivity index (χ4n) is 3.91. The van der Waals surface area contributed by atoms with Gasteiger partial charge in [-0.3, -0.25) is 9.59 Å². The second-order valence-electron chi connectivity index (χ2n) is 8.61. The van der Waals surface area contributed by atoms with E-state index in [4.69, 9.17) is 16.3 Å². The van der Waals surface area contributed by atoms with Crippen molar-refractivity contribution in [2.75, 3.05) is 17.7 Å². The van der Waals surface area contributed by atoms with Crippen LogP contribution in [-0.4, -0.2) is 28.9 Å². The summed E-state index contributed by atoms with van der Waals surface area (Å²) < 4.78 is 85.3. The van der Waals surface area contributed by atoms with Crippen molar-refractivity contribution in [1.82, 2.24) is 9.97 Å². The van der Waals surface area contributed by atoms with Crippen molar-refractivity contribution >= 4 is 45.8 Å². The van der Waals surface area contributed by atoms with Gasteiger partial charge >= 0.3 is 12.4 Å². The number of imidazole rings is 1. The van der Waals surface area contributed by atoms with Crippen molar-refractivity contribution in [1.29, 1.82) is 0 Å². The molecule has 0 atom stereocenters. The number of carbonyl (C=O) groups excluding carboxylic acids is 2. The van der Waals surface area contributed by atoms with Crippen LogP contribution in [0.2, 0.25) is 5.02 Å². The van der Waals surface area contributed by atoms with Crippen LogP contribution in [0.15, 0.2) is 48.5 Å². The number of amides is 2. The van der Waals surface area contributed by atoms with Crippen LogP contribution in [0.1, 0.15) is 43.2 Å². The van der Waals surface area contributed by atoms with E-state index in [0.29, 0.717) is 22.1 Å². The molecule has 1 heterocycles. The van der Waals surface area contributed by atoms with Gasteiger partial charge in [0.2, 0.25) is 0 Å². The number of carbonyl (C=O) groups is 2. The van der Waals surface area contributed by atoms with Gasteiger partial charge in [-0.15, -0.1) is 0 Å². The first-order valence-corrected chi connectivity index (χ1v) is 11.7. The molecule has 14 heteroatoms. The number of ether oxygens (including phenoxy) is 1. The first kappa shape index (κ1) is 28.9. The van der Waals surface area contributed by atoms with Crippen molar-refractivity contribution in [3.63, 3.8) is 0 Å². The van der Waals surface area contributed by atoms with Gasteiger partial charge in [0, 0.05) is 23.5 Å². The highest BCUT2D eigenvalue weighted by Gasteiger charge is 2.38. The Hall–Kier alpha value is -4.10. The van der Waals surface area contributed by atoms with Crippen molar-refractivity contribution in [3.05, 3.63) is 87.2 Å². The van der Waals surface area contributed by atoms with E-state index in [2.05, 4.69) is 20.6 Å². The third kappa shape index (κ3) is 6.05. The van der Waals surface area contributed by atoms with Crippen LogP contribution in [0.4, 0.5) is 37.7 Å². The lowest BCUT2D eigenvalue weighted by Gasteiger charge is -2.16. The maximum absolute atomic E-state index is 13.5. The Morgan fingerprint density at radius 1 is 0.950 bits per heavy atom. The number of aromatic amines is 1. The lowest BCUT2D eigenvalue weighted by molar-refractivity contribution is -0.141. The lowest BCUT2D eigenvalue weighted by Crippen LogP contribution is -2.21. The molecule has 0 aliphatic carbocycles. The molecule has 4 aromatic rings. The molecule has 7 nitrogen and oxygen atoms in total. The van der Waals surface area contributed by atoms with Crippen LogP contribution in [0.5, 0.6) is 0 Å². The molecule has 0 bridgehead atoms. The maximum atomic E-state index is 13.5. The monoisotopic (exact) mass is 584 g/mol. The van der Waals surface area contributed by atoms with E-state index in [1.54, 1.807) is 25.1 Å². The predicted molar refractivity (Wildman–Crippen MR) is 135 cm³/mol. The largest absolute Gasteiger partial charge is 0.417 e. The number of hydrogen-bond acceptors (Lipinski definition) is 4. The average molecular weight is 585 g/mol. The van der Waals surface area contributed by atoms with Gasteiger partial charge in [-0.25, -0.2) is 4.98 Å². The van der Waals surface area contributed by atoms with Gasteiger partial charge in [0.05, 0.1) is 27.8 Å². The van der Waals surface area contributed by atoms with Crippen molar-refractivity contribution in [2.45, 2.75) is 25.9 Å². The van der Waals surface area contributed by atoms with E-state index in [-0.39, 0.29) is 47.1 Å². The van der Waals surface area contributed by atoms with Gasteiger partial charge in [0.15, 0.2) is 0 Å². The third-order valence-corrected chi connectivity index (χ3v) is 6.24. The number of nitrogens with one attached hydrogen (secondary N) is 3. The van der Waals surface area contributed by atoms with Gasteiger partial charge < -0.3 is 20.4 Å². The topological polar surface area (TPSA) is 96.1 Å². The summed E-state index contributed by atoms with van der Waals surface area (Å²) in [7, 11) is 1.40. The van der Waals surface area contributed by atoms with Gasteiger partial charge in [-0.1, -0.05) is 17.7 Å². The number of nitrogens with zero attached hydrogens (tertiary/aromatic N) is 1. The molecule has 40 heavy (non-hydrogen) atoms. The molecule has 0 spiro atoms. The van der Waals surface area contributed by atoms with Crippen molar-refractivity contribution in [2.24, 2.45) is 0 Å². The minimum absolute atomic E-state index is 0.0179. The van der Waals surface area contributed by atoms with Crippen LogP contribution in [0.3, 0.4) is 0 Å². The summed E-state index contributed by atoms with van der Waals surface area (Å²) in [6.07, 6.45) is -10.1. The zero-order valence-electron chi connectivity index (χ0n) is 20.6. The quantitative estimate of drug-likeness (QED) is 0.209. The Bertz CT molecular complexity index is 1610. The Balaban J connectivity index is 1.78. The van der Waals surface area contributed by atoms with Crippen molar-refractivity contribution in [3.8, 4) is 0 Å². The summed E-state index contributed by atoms with van der Waals surface area (Å²) in [5.74, 6) is -1.87. The summed E-state index contributed by atoms with van der Waals surface area (Å²) in [5.41, 5.74) is -3.22. The van der Waals surface area contributed by atoms with Crippen LogP contribution in [-0.2, 0) is 23.7 Å². The molecule has 0 radical (unpaired) electrons. The molecule has 3 N–H and O–H groups in total. The SMILES string of the molecule is COCc1nc2c(C(=O)Nc3cccc(Cl)c3C)cc(NC(=O)c3cc(C(F)(F)F)ccc3C(F)(F)F)cc2[nH]1. The van der Waals surface area contributed by atoms with Crippen LogP contribution >= 0.6 is 11.6 Å². The number of aromatic nitrogens is 2. The van der Waals surface area contributed by atoms with E-state index >= 15 is 0 Å². The number of alkyl halides is 6. The number of H-pyrrole nitrogens is 1. The Labute approximate surface area is 227 Å². The molecule has 0 aliphatic rings. The zero-order valence-corrected chi connectivity index (χ0v) is 21.4. The number of hydrogen-bond donors (Lipinski definition) is 3. The van der Waals surface area contributed by atoms with Gasteiger partial charge in [0.25, 0.3) is 11.8 Å². The molecule has 4 rings (SSSR count). The molecule has 0 saturated carbocycles. The fraction of sp³-hybridized carbons (Fsp3) is 0.192. The standard InChI is InChI=1S/C26H19ClF6N4O3/c1-12-18(27)4-3-5-19(12)36-24(39)16-9-14(10-20-22(16)37-21(35-20)11-40-2)34-23(38)15-8-13(25(28,29)30)6-7-17(15)26(31,32)33/h3-10H,11H2,1-2H3,(H,34,38)(H,35,37)(H,36,39). The normalized spacial score (nSPS) is 12.0. The Morgan fingerprint density at radius 3 is 2.30 bits per heavy atom. The second-order valence-corrected chi connectivity index (χ2v) is 9.02. The fourth-order valence-corrected chi connectivity index (χ4v) is 4.08. The van der Waals surface area contributed by atoms with E-state index < -0.39 is 40.9 Å². The number of benzene rings is 3. The summed E-state index contributed by atoms with van der Waals surface area (Å²) in [6, 6.07) is 7.81. The first-order chi connectivity index (χ1) is 18.7. The number of halogens is 7. The van der Waals surface area contributed by atoms with Crippen molar-refractivity contribution < 1.29 is 40.7 Å². The third-order valence-electron chi connectivity index (χ3n) is 5.83. The average Bonchev–Trinajstić information content (AvgIpc) is 3.27. The molecule has 0 fully saturated rings. The summed E-state index contributed by atoms with van der Waals surface area (Å²) in [4.78, 5) is 33.4. The zero-order chi connectivity index (χ0) is 29.4. The second kappa shape index (κ2) is 10.8. The van der Waals surface area contributed by atoms with E-state index in [1.807, 2.05) is 0 Å². The summed E-state index contributed by atoms with van der Waals surface area (Å²) in [6.45, 7) is 1.69. The lowest BCUT2D eigenvalue weighted by atomic mass is 10.0. The smallest absolute Gasteiger partial charge is 0.377 e. The molecule has 0 saturated heterocycles. The van der Waals surface area contributed by atoms with Gasteiger partial charge in [-0.05, 0) is 55.0 Å². The van der Waals surface area contributed by atoms with Crippen LogP contribution in [0, 0.1) is 6.92 Å². The van der Waals surface area contributed by atoms with Gasteiger partial charge in [-0.2, -0.15) is 26.3 Å². The number of fused-ring (bicyclic) bond motifs is 1. The summed E-state index contributed by atoms with van der Waals surface area (Å²) in [5, 5.41) is 5.23. The Morgan fingerprint density at radius 2 is 1.65 bits per heavy atom. The molecule has 2 amide bonds. The molecular formula is C26H19ClF6N4O3. The molecule has 1 aromatic heterocycles.